The van der Waals surface area contributed by atoms with Crippen LogP contribution in [-0.2, 0) is 21.2 Å². The molecule has 1 amide bonds. The third-order valence-corrected chi connectivity index (χ3v) is 6.99. The maximum absolute atomic E-state index is 13.3. The number of benzene rings is 3. The molecular weight excluding hydrogens is 474 g/mol. The molecule has 0 radical (unpaired) electrons. The molecule has 7 nitrogen and oxygen atoms in total. The number of carbonyl (C=O) groups excluding carboxylic acids is 1. The van der Waals surface area contributed by atoms with Crippen molar-refractivity contribution in [3.05, 3.63) is 95.0 Å². The van der Waals surface area contributed by atoms with E-state index in [9.17, 15) is 13.2 Å². The van der Waals surface area contributed by atoms with Crippen LogP contribution >= 0.6 is 11.6 Å². The van der Waals surface area contributed by atoms with Crippen LogP contribution in [0.1, 0.15) is 18.1 Å². The van der Waals surface area contributed by atoms with Crippen molar-refractivity contribution in [2.24, 2.45) is 5.10 Å². The first-order valence-electron chi connectivity index (χ1n) is 10.7. The van der Waals surface area contributed by atoms with Crippen LogP contribution in [0.5, 0.6) is 5.75 Å². The lowest BCUT2D eigenvalue weighted by Crippen LogP contribution is -2.40. The van der Waals surface area contributed by atoms with Gasteiger partial charge in [0.1, 0.15) is 5.75 Å². The van der Waals surface area contributed by atoms with Crippen molar-refractivity contribution in [3.63, 3.8) is 0 Å². The lowest BCUT2D eigenvalue weighted by Gasteiger charge is -2.21. The van der Waals surface area contributed by atoms with E-state index in [-0.39, 0.29) is 18.0 Å². The molecule has 0 saturated heterocycles. The molecule has 1 N–H and O–H groups in total. The number of halogens is 1. The molecule has 0 saturated carbocycles. The fourth-order valence-electron chi connectivity index (χ4n) is 3.18. The number of amides is 1. The van der Waals surface area contributed by atoms with Crippen molar-refractivity contribution in [1.82, 2.24) is 9.73 Å². The number of hydrogen-bond donors (Lipinski definition) is 1. The van der Waals surface area contributed by atoms with Crippen LogP contribution in [0.25, 0.3) is 0 Å². The third-order valence-electron chi connectivity index (χ3n) is 4.88. The number of rotatable bonds is 11. The Labute approximate surface area is 205 Å². The SMILES string of the molecule is CCOc1ccccc1/C=N\NC(=O)CN(CCc1ccccc1)S(=O)(=O)c1ccc(Cl)cc1. The van der Waals surface area contributed by atoms with Gasteiger partial charge < -0.3 is 4.74 Å². The van der Waals surface area contributed by atoms with E-state index >= 15 is 0 Å². The number of nitrogens with one attached hydrogen (secondary N) is 1. The number of para-hydroxylation sites is 1. The van der Waals surface area contributed by atoms with Crippen LogP contribution in [0.4, 0.5) is 0 Å². The van der Waals surface area contributed by atoms with E-state index in [0.717, 1.165) is 9.87 Å². The van der Waals surface area contributed by atoms with E-state index < -0.39 is 15.9 Å². The second-order valence-corrected chi connectivity index (χ2v) is 9.67. The summed E-state index contributed by atoms with van der Waals surface area (Å²) in [6.07, 6.45) is 1.91. The largest absolute Gasteiger partial charge is 0.493 e. The number of ether oxygens (including phenoxy) is 1. The van der Waals surface area contributed by atoms with Crippen molar-refractivity contribution in [2.75, 3.05) is 19.7 Å². The molecule has 178 valence electrons. The molecule has 0 aliphatic rings. The number of hydrazone groups is 1. The van der Waals surface area contributed by atoms with Gasteiger partial charge in [-0.3, -0.25) is 4.79 Å². The summed E-state index contributed by atoms with van der Waals surface area (Å²) in [4.78, 5) is 12.7. The highest BCUT2D eigenvalue weighted by molar-refractivity contribution is 7.89. The molecule has 0 heterocycles. The molecule has 0 aromatic heterocycles. The van der Waals surface area contributed by atoms with Crippen LogP contribution in [0, 0.1) is 0 Å². The standard InChI is InChI=1S/C25H26ClN3O4S/c1-2-33-24-11-7-6-10-21(24)18-27-28-25(30)19-29(17-16-20-8-4-3-5-9-20)34(31,32)23-14-12-22(26)13-15-23/h3-15,18H,2,16-17,19H2,1H3,(H,28,30)/b27-18-. The van der Waals surface area contributed by atoms with Gasteiger partial charge >= 0.3 is 0 Å². The smallest absolute Gasteiger partial charge is 0.255 e. The lowest BCUT2D eigenvalue weighted by atomic mass is 10.1. The Morgan fingerprint density at radius 3 is 2.41 bits per heavy atom. The van der Waals surface area contributed by atoms with Gasteiger partial charge in [-0.1, -0.05) is 54.1 Å². The molecule has 0 spiro atoms. The summed E-state index contributed by atoms with van der Waals surface area (Å²) in [5.41, 5.74) is 4.07. The van der Waals surface area contributed by atoms with Gasteiger partial charge in [0.15, 0.2) is 0 Å². The monoisotopic (exact) mass is 499 g/mol. The fraction of sp³-hybridized carbons (Fsp3) is 0.200. The van der Waals surface area contributed by atoms with Gasteiger partial charge in [-0.2, -0.15) is 9.41 Å². The molecule has 0 unspecified atom stereocenters. The highest BCUT2D eigenvalue weighted by atomic mass is 35.5. The number of hydrogen-bond acceptors (Lipinski definition) is 5. The minimum absolute atomic E-state index is 0.0619. The molecule has 3 aromatic rings. The Bertz CT molecular complexity index is 1220. The molecule has 3 aromatic carbocycles. The van der Waals surface area contributed by atoms with Gasteiger partial charge in [0.25, 0.3) is 5.91 Å². The summed E-state index contributed by atoms with van der Waals surface area (Å²) in [6, 6.07) is 22.6. The van der Waals surface area contributed by atoms with Crippen LogP contribution in [0.15, 0.2) is 88.9 Å². The van der Waals surface area contributed by atoms with Crippen molar-refractivity contribution < 1.29 is 17.9 Å². The molecule has 0 aliphatic carbocycles. The summed E-state index contributed by atoms with van der Waals surface area (Å²) in [6.45, 7) is 2.11. The molecule has 9 heteroatoms. The lowest BCUT2D eigenvalue weighted by molar-refractivity contribution is -0.121. The van der Waals surface area contributed by atoms with Gasteiger partial charge in [0, 0.05) is 17.1 Å². The first-order valence-corrected chi connectivity index (χ1v) is 12.6. The first-order chi connectivity index (χ1) is 16.4. The van der Waals surface area contributed by atoms with Crippen molar-refractivity contribution in [1.29, 1.82) is 0 Å². The Morgan fingerprint density at radius 1 is 1.03 bits per heavy atom. The van der Waals surface area contributed by atoms with Gasteiger partial charge in [0.05, 0.1) is 24.3 Å². The van der Waals surface area contributed by atoms with E-state index in [2.05, 4.69) is 10.5 Å². The molecule has 0 atom stereocenters. The van der Waals surface area contributed by atoms with Crippen LogP contribution in [0.3, 0.4) is 0 Å². The van der Waals surface area contributed by atoms with Crippen molar-refractivity contribution in [3.8, 4) is 5.75 Å². The van der Waals surface area contributed by atoms with Gasteiger partial charge in [-0.25, -0.2) is 13.8 Å². The van der Waals surface area contributed by atoms with Crippen LogP contribution in [-0.4, -0.2) is 44.5 Å². The highest BCUT2D eigenvalue weighted by Crippen LogP contribution is 2.19. The van der Waals surface area contributed by atoms with E-state index in [0.29, 0.717) is 29.4 Å². The highest BCUT2D eigenvalue weighted by Gasteiger charge is 2.26. The molecule has 34 heavy (non-hydrogen) atoms. The Kier molecular flexibility index (Phi) is 9.21. The Morgan fingerprint density at radius 2 is 1.71 bits per heavy atom. The molecule has 3 rings (SSSR count). The summed E-state index contributed by atoms with van der Waals surface area (Å²) < 4.78 is 33.2. The normalized spacial score (nSPS) is 11.6. The number of sulfonamides is 1. The molecular formula is C25H26ClN3O4S. The average Bonchev–Trinajstić information content (AvgIpc) is 2.84. The maximum Gasteiger partial charge on any atom is 0.255 e. The van der Waals surface area contributed by atoms with Crippen LogP contribution < -0.4 is 10.2 Å². The third kappa shape index (κ3) is 7.15. The zero-order chi connectivity index (χ0) is 24.4. The zero-order valence-electron chi connectivity index (χ0n) is 18.7. The van der Waals surface area contributed by atoms with E-state index in [1.165, 1.54) is 30.5 Å². The van der Waals surface area contributed by atoms with Gasteiger partial charge in [-0.05, 0) is 55.3 Å². The first kappa shape index (κ1) is 25.4. The molecule has 0 bridgehead atoms. The van der Waals surface area contributed by atoms with E-state index in [1.807, 2.05) is 49.4 Å². The topological polar surface area (TPSA) is 88.1 Å². The fourth-order valence-corrected chi connectivity index (χ4v) is 4.70. The van der Waals surface area contributed by atoms with E-state index in [1.54, 1.807) is 12.1 Å². The Hall–Kier alpha value is -3.20. The predicted molar refractivity (Wildman–Crippen MR) is 134 cm³/mol. The summed E-state index contributed by atoms with van der Waals surface area (Å²) in [5.74, 6) is 0.0774. The van der Waals surface area contributed by atoms with E-state index in [4.69, 9.17) is 16.3 Å². The molecule has 0 fully saturated rings. The number of carbonyl (C=O) groups is 1. The summed E-state index contributed by atoms with van der Waals surface area (Å²) in [7, 11) is -3.93. The zero-order valence-corrected chi connectivity index (χ0v) is 20.3. The van der Waals surface area contributed by atoms with Crippen molar-refractivity contribution >= 4 is 33.7 Å². The average molecular weight is 500 g/mol. The minimum Gasteiger partial charge on any atom is -0.493 e. The summed E-state index contributed by atoms with van der Waals surface area (Å²) >= 11 is 5.91. The maximum atomic E-state index is 13.3. The molecule has 0 aliphatic heterocycles. The Balaban J connectivity index is 1.73. The number of nitrogens with zero attached hydrogens (tertiary/aromatic N) is 2. The summed E-state index contributed by atoms with van der Waals surface area (Å²) in [5, 5.41) is 4.40. The van der Waals surface area contributed by atoms with Gasteiger partial charge in [-0.15, -0.1) is 0 Å². The minimum atomic E-state index is -3.93. The second kappa shape index (κ2) is 12.3. The second-order valence-electron chi connectivity index (χ2n) is 7.29. The van der Waals surface area contributed by atoms with Crippen molar-refractivity contribution in [2.45, 2.75) is 18.2 Å². The predicted octanol–water partition coefficient (Wildman–Crippen LogP) is 4.12. The van der Waals surface area contributed by atoms with Gasteiger partial charge in [0.2, 0.25) is 10.0 Å². The van der Waals surface area contributed by atoms with Crippen LogP contribution in [0.2, 0.25) is 5.02 Å². The quantitative estimate of drug-likeness (QED) is 0.317.